The van der Waals surface area contributed by atoms with Gasteiger partial charge in [-0.1, -0.05) is 44.2 Å². The summed E-state index contributed by atoms with van der Waals surface area (Å²) in [5.41, 5.74) is 5.47. The number of carbonyl (C=O) groups excluding carboxylic acids is 1. The molecule has 0 radical (unpaired) electrons. The third-order valence-corrected chi connectivity index (χ3v) is 5.08. The number of amides is 1. The van der Waals surface area contributed by atoms with E-state index in [1.807, 2.05) is 30.3 Å². The largest absolute Gasteiger partial charge is 0.296 e. The van der Waals surface area contributed by atoms with Crippen LogP contribution < -0.4 is 11.0 Å². The number of rotatable bonds is 5. The van der Waals surface area contributed by atoms with Gasteiger partial charge in [-0.3, -0.25) is 14.2 Å². The summed E-state index contributed by atoms with van der Waals surface area (Å²) in [7, 11) is 0. The van der Waals surface area contributed by atoms with Gasteiger partial charge in [0.1, 0.15) is 5.82 Å². The van der Waals surface area contributed by atoms with Crippen LogP contribution in [0.5, 0.6) is 0 Å². The topological polar surface area (TPSA) is 76.3 Å². The molecule has 0 fully saturated rings. The first-order chi connectivity index (χ1) is 14.0. The normalized spacial score (nSPS) is 13.7. The highest BCUT2D eigenvalue weighted by molar-refractivity contribution is 6.03. The van der Waals surface area contributed by atoms with Crippen LogP contribution in [0, 0.1) is 5.92 Å². The molecule has 2 aromatic carbocycles. The van der Waals surface area contributed by atoms with Crippen molar-refractivity contribution in [1.29, 1.82) is 0 Å². The maximum absolute atomic E-state index is 12.7. The summed E-state index contributed by atoms with van der Waals surface area (Å²) in [5.74, 6) is 0.888. The van der Waals surface area contributed by atoms with Crippen molar-refractivity contribution in [2.75, 3.05) is 0 Å². The molecule has 0 bridgehead atoms. The highest BCUT2D eigenvalue weighted by Gasteiger charge is 2.17. The van der Waals surface area contributed by atoms with Gasteiger partial charge in [-0.25, -0.2) is 10.4 Å². The van der Waals surface area contributed by atoms with Crippen molar-refractivity contribution in [3.8, 4) is 0 Å². The van der Waals surface area contributed by atoms with Crippen molar-refractivity contribution in [2.45, 2.75) is 39.7 Å². The SMILES string of the molecule is CC(C)C/C(=N/NC(=O)c1ccc2c(=O)n3c(nc2c1)CCC3)c1ccccc1. The summed E-state index contributed by atoms with van der Waals surface area (Å²) in [6, 6.07) is 14.9. The fourth-order valence-electron chi connectivity index (χ4n) is 3.65. The lowest BCUT2D eigenvalue weighted by atomic mass is 10.0. The van der Waals surface area contributed by atoms with Gasteiger partial charge in [0.05, 0.1) is 16.6 Å². The maximum Gasteiger partial charge on any atom is 0.271 e. The molecule has 0 saturated heterocycles. The van der Waals surface area contributed by atoms with Gasteiger partial charge in [-0.15, -0.1) is 0 Å². The number of hydrazone groups is 1. The molecule has 2 heterocycles. The van der Waals surface area contributed by atoms with E-state index in [1.165, 1.54) is 0 Å². The molecule has 29 heavy (non-hydrogen) atoms. The fraction of sp³-hybridized carbons (Fsp3) is 0.304. The minimum atomic E-state index is -0.313. The van der Waals surface area contributed by atoms with Crippen LogP contribution in [0.2, 0.25) is 0 Å². The average molecular weight is 388 g/mol. The van der Waals surface area contributed by atoms with E-state index in [0.717, 1.165) is 36.4 Å². The van der Waals surface area contributed by atoms with E-state index in [2.05, 4.69) is 29.4 Å². The fourth-order valence-corrected chi connectivity index (χ4v) is 3.65. The molecular weight excluding hydrogens is 364 g/mol. The van der Waals surface area contributed by atoms with Crippen LogP contribution in [0.1, 0.15) is 48.4 Å². The van der Waals surface area contributed by atoms with Crippen LogP contribution >= 0.6 is 0 Å². The van der Waals surface area contributed by atoms with Crippen LogP contribution in [0.4, 0.5) is 0 Å². The predicted octanol–water partition coefficient (Wildman–Crippen LogP) is 3.52. The van der Waals surface area contributed by atoms with E-state index in [-0.39, 0.29) is 11.5 Å². The Balaban J connectivity index is 1.62. The zero-order chi connectivity index (χ0) is 20.4. The summed E-state index contributed by atoms with van der Waals surface area (Å²) in [4.78, 5) is 29.9. The highest BCUT2D eigenvalue weighted by Crippen LogP contribution is 2.16. The molecule has 0 saturated carbocycles. The summed E-state index contributed by atoms with van der Waals surface area (Å²) in [6.07, 6.45) is 2.48. The Labute approximate surface area is 169 Å². The summed E-state index contributed by atoms with van der Waals surface area (Å²) >= 11 is 0. The molecule has 0 atom stereocenters. The third kappa shape index (κ3) is 3.97. The number of aromatic nitrogens is 2. The number of hydrogen-bond acceptors (Lipinski definition) is 4. The first kappa shape index (κ1) is 19.1. The van der Waals surface area contributed by atoms with Gasteiger partial charge in [0, 0.05) is 18.5 Å². The molecule has 0 unspecified atom stereocenters. The third-order valence-electron chi connectivity index (χ3n) is 5.08. The van der Waals surface area contributed by atoms with Crippen molar-refractivity contribution in [1.82, 2.24) is 15.0 Å². The van der Waals surface area contributed by atoms with Gasteiger partial charge in [0.15, 0.2) is 0 Å². The Morgan fingerprint density at radius 2 is 1.97 bits per heavy atom. The van der Waals surface area contributed by atoms with Gasteiger partial charge in [0.25, 0.3) is 11.5 Å². The van der Waals surface area contributed by atoms with Gasteiger partial charge in [-0.05, 0) is 42.5 Å². The molecule has 1 aliphatic heterocycles. The Kier molecular flexibility index (Phi) is 5.25. The second kappa shape index (κ2) is 7.99. The van der Waals surface area contributed by atoms with Crippen LogP contribution in [-0.4, -0.2) is 21.2 Å². The van der Waals surface area contributed by atoms with E-state index in [1.54, 1.807) is 22.8 Å². The summed E-state index contributed by atoms with van der Waals surface area (Å²) < 4.78 is 1.73. The number of carbonyl (C=O) groups is 1. The molecule has 4 rings (SSSR count). The minimum absolute atomic E-state index is 0.0317. The quantitative estimate of drug-likeness (QED) is 0.537. The molecule has 1 amide bonds. The summed E-state index contributed by atoms with van der Waals surface area (Å²) in [6.45, 7) is 4.95. The van der Waals surface area contributed by atoms with Crippen LogP contribution in [0.15, 0.2) is 58.4 Å². The summed E-state index contributed by atoms with van der Waals surface area (Å²) in [5, 5.41) is 4.94. The molecule has 1 aromatic heterocycles. The molecule has 6 nitrogen and oxygen atoms in total. The van der Waals surface area contributed by atoms with Crippen molar-refractivity contribution in [2.24, 2.45) is 11.0 Å². The lowest BCUT2D eigenvalue weighted by Gasteiger charge is -2.10. The second-order valence-corrected chi connectivity index (χ2v) is 7.78. The van der Waals surface area contributed by atoms with Crippen molar-refractivity contribution < 1.29 is 4.79 Å². The zero-order valence-electron chi connectivity index (χ0n) is 16.7. The first-order valence-electron chi connectivity index (χ1n) is 9.98. The Hall–Kier alpha value is -3.28. The maximum atomic E-state index is 12.7. The lowest BCUT2D eigenvalue weighted by Crippen LogP contribution is -2.23. The molecule has 3 aromatic rings. The van der Waals surface area contributed by atoms with Crippen molar-refractivity contribution >= 4 is 22.5 Å². The monoisotopic (exact) mass is 388 g/mol. The van der Waals surface area contributed by atoms with Gasteiger partial charge in [-0.2, -0.15) is 5.10 Å². The van der Waals surface area contributed by atoms with Crippen LogP contribution in [0.3, 0.4) is 0 Å². The van der Waals surface area contributed by atoms with Gasteiger partial charge in [0.2, 0.25) is 0 Å². The number of nitrogens with one attached hydrogen (secondary N) is 1. The standard InChI is InChI=1S/C23H24N4O2/c1-15(2)13-19(16-7-4-3-5-8-16)25-26-22(28)17-10-11-18-20(14-17)24-21-9-6-12-27(21)23(18)29/h3-5,7-8,10-11,14-15H,6,9,12-13H2,1-2H3,(H,26,28)/b25-19-. The molecule has 1 N–H and O–H groups in total. The second-order valence-electron chi connectivity index (χ2n) is 7.78. The van der Waals surface area contributed by atoms with E-state index in [0.29, 0.717) is 28.9 Å². The number of hydrogen-bond donors (Lipinski definition) is 1. The Morgan fingerprint density at radius 3 is 2.72 bits per heavy atom. The number of aryl methyl sites for hydroxylation is 1. The van der Waals surface area contributed by atoms with Gasteiger partial charge < -0.3 is 0 Å². The molecule has 0 aliphatic carbocycles. The molecular formula is C23H24N4O2. The number of nitrogens with zero attached hydrogens (tertiary/aromatic N) is 3. The van der Waals surface area contributed by atoms with E-state index in [4.69, 9.17) is 0 Å². The van der Waals surface area contributed by atoms with E-state index < -0.39 is 0 Å². The Morgan fingerprint density at radius 1 is 1.17 bits per heavy atom. The van der Waals surface area contributed by atoms with E-state index >= 15 is 0 Å². The average Bonchev–Trinajstić information content (AvgIpc) is 3.20. The van der Waals surface area contributed by atoms with Gasteiger partial charge >= 0.3 is 0 Å². The van der Waals surface area contributed by atoms with E-state index in [9.17, 15) is 9.59 Å². The molecule has 6 heteroatoms. The highest BCUT2D eigenvalue weighted by atomic mass is 16.2. The van der Waals surface area contributed by atoms with Crippen LogP contribution in [-0.2, 0) is 13.0 Å². The first-order valence-corrected chi connectivity index (χ1v) is 9.98. The molecule has 1 aliphatic rings. The number of benzene rings is 2. The van der Waals surface area contributed by atoms with Crippen LogP contribution in [0.25, 0.3) is 10.9 Å². The zero-order valence-corrected chi connectivity index (χ0v) is 16.7. The van der Waals surface area contributed by atoms with Crippen molar-refractivity contribution in [3.05, 3.63) is 75.8 Å². The molecule has 148 valence electrons. The van der Waals surface area contributed by atoms with Crippen molar-refractivity contribution in [3.63, 3.8) is 0 Å². The predicted molar refractivity (Wildman–Crippen MR) is 114 cm³/mol. The Bertz CT molecular complexity index is 1150. The number of fused-ring (bicyclic) bond motifs is 2. The lowest BCUT2D eigenvalue weighted by molar-refractivity contribution is 0.0955. The smallest absolute Gasteiger partial charge is 0.271 e. The molecule has 0 spiro atoms. The minimum Gasteiger partial charge on any atom is -0.296 e.